The molecule has 1 atom stereocenters. The minimum absolute atomic E-state index is 0.0844. The van der Waals surface area contributed by atoms with Crippen LogP contribution in [-0.4, -0.2) is 16.4 Å². The van der Waals surface area contributed by atoms with Crippen LogP contribution in [0.5, 0.6) is 0 Å². The topological polar surface area (TPSA) is 79.0 Å². The number of amides is 1. The van der Waals surface area contributed by atoms with E-state index in [0.29, 0.717) is 4.47 Å². The first-order valence-corrected chi connectivity index (χ1v) is 7.56. The smallest absolute Gasteiger partial charge is 0.323 e. The normalized spacial score (nSPS) is 12.2. The van der Waals surface area contributed by atoms with Gasteiger partial charge in [-0.05, 0) is 42.2 Å². The Kier molecular flexibility index (Phi) is 4.84. The summed E-state index contributed by atoms with van der Waals surface area (Å²) >= 11 is 4.16. The van der Waals surface area contributed by atoms with E-state index in [1.54, 1.807) is 20.0 Å². The average molecular weight is 377 g/mol. The zero-order valence-corrected chi connectivity index (χ0v) is 13.5. The summed E-state index contributed by atoms with van der Waals surface area (Å²) in [4.78, 5) is 23.4. The van der Waals surface area contributed by atoms with Crippen molar-refractivity contribution in [3.8, 4) is 0 Å². The number of nitrogens with one attached hydrogen (secondary N) is 2. The van der Waals surface area contributed by atoms with Crippen molar-refractivity contribution in [2.45, 2.75) is 17.2 Å². The van der Waals surface area contributed by atoms with Crippen molar-refractivity contribution >= 4 is 39.3 Å². The lowest BCUT2D eigenvalue weighted by molar-refractivity contribution is -0.772. The fraction of sp³-hybridized carbons (Fsp3) is 0.250. The van der Waals surface area contributed by atoms with Crippen molar-refractivity contribution in [1.82, 2.24) is 5.27 Å². The Bertz CT molecular complexity index is 731. The molecular weight excluding hydrogens is 365 g/mol. The minimum Gasteiger partial charge on any atom is -0.323 e. The lowest BCUT2D eigenvalue weighted by atomic mass is 10.3. The van der Waals surface area contributed by atoms with Gasteiger partial charge in [0, 0.05) is 4.47 Å². The van der Waals surface area contributed by atoms with E-state index in [2.05, 4.69) is 31.0 Å². The van der Waals surface area contributed by atoms with Crippen molar-refractivity contribution < 1.29 is 18.4 Å². The number of rotatable bonds is 4. The van der Waals surface area contributed by atoms with Crippen molar-refractivity contribution in [2.24, 2.45) is 7.05 Å². The molecule has 0 aliphatic rings. The molecule has 9 heteroatoms. The molecular formula is C12H12BrFN3O3S+. The molecule has 0 saturated carbocycles. The van der Waals surface area contributed by atoms with Crippen molar-refractivity contribution in [3.05, 3.63) is 38.9 Å². The lowest BCUT2D eigenvalue weighted by Crippen LogP contribution is -2.35. The molecule has 0 aliphatic heterocycles. The van der Waals surface area contributed by atoms with Gasteiger partial charge in [-0.3, -0.25) is 9.32 Å². The first-order chi connectivity index (χ1) is 9.88. The fourth-order valence-electron chi connectivity index (χ4n) is 1.51. The number of benzene rings is 1. The molecule has 1 heterocycles. The highest BCUT2D eigenvalue weighted by Gasteiger charge is 2.25. The predicted octanol–water partition coefficient (Wildman–Crippen LogP) is 1.81. The maximum absolute atomic E-state index is 13.7. The summed E-state index contributed by atoms with van der Waals surface area (Å²) in [6, 6.07) is 4.34. The van der Waals surface area contributed by atoms with Crippen LogP contribution in [-0.2, 0) is 11.8 Å². The number of nitrogens with zero attached hydrogens (tertiary/aromatic N) is 1. The van der Waals surface area contributed by atoms with E-state index in [9.17, 15) is 14.0 Å². The number of aromatic nitrogens is 2. The molecule has 2 aromatic rings. The molecule has 2 rings (SSSR count). The molecule has 0 aliphatic carbocycles. The van der Waals surface area contributed by atoms with E-state index >= 15 is 0 Å². The summed E-state index contributed by atoms with van der Waals surface area (Å²) in [6.45, 7) is 1.61. The van der Waals surface area contributed by atoms with Gasteiger partial charge in [-0.25, -0.2) is 9.18 Å². The fourth-order valence-corrected chi connectivity index (χ4v) is 2.67. The van der Waals surface area contributed by atoms with E-state index in [4.69, 9.17) is 0 Å². The van der Waals surface area contributed by atoms with Crippen LogP contribution in [0.25, 0.3) is 0 Å². The Morgan fingerprint density at radius 1 is 1.57 bits per heavy atom. The number of carbonyl (C=O) groups excluding carboxylic acids is 1. The quantitative estimate of drug-likeness (QED) is 0.629. The molecule has 0 radical (unpaired) electrons. The molecule has 0 saturated heterocycles. The summed E-state index contributed by atoms with van der Waals surface area (Å²) < 4.78 is 20.2. The number of carbonyl (C=O) groups is 1. The maximum Gasteiger partial charge on any atom is 0.441 e. The standard InChI is InChI=1S/C12H11BrFN3O3S/c1-6(21-11-12(19)20-16-17(11)2)10(18)15-9-4-3-7(13)5-8(9)14/h3-6H,1-2H3,(H-,15,16,18,19)/p+1. The molecule has 0 fully saturated rings. The van der Waals surface area contributed by atoms with Crippen molar-refractivity contribution in [2.75, 3.05) is 5.32 Å². The number of hydrogen-bond acceptors (Lipinski definition) is 4. The van der Waals surface area contributed by atoms with Gasteiger partial charge in [0.25, 0.3) is 0 Å². The molecule has 0 spiro atoms. The average Bonchev–Trinajstić information content (AvgIpc) is 2.73. The highest BCUT2D eigenvalue weighted by Crippen LogP contribution is 2.22. The summed E-state index contributed by atoms with van der Waals surface area (Å²) in [5.41, 5.74) is -0.474. The van der Waals surface area contributed by atoms with Gasteiger partial charge in [0.05, 0.1) is 10.9 Å². The Labute approximate surface area is 131 Å². The molecule has 2 N–H and O–H groups in total. The van der Waals surface area contributed by atoms with E-state index < -0.39 is 22.6 Å². The van der Waals surface area contributed by atoms with Crippen LogP contribution in [0.1, 0.15) is 6.92 Å². The molecule has 21 heavy (non-hydrogen) atoms. The Hall–Kier alpha value is -1.61. The molecule has 1 aromatic heterocycles. The van der Waals surface area contributed by atoms with Crippen LogP contribution in [0.15, 0.2) is 37.0 Å². The number of aromatic amines is 1. The van der Waals surface area contributed by atoms with Crippen molar-refractivity contribution in [3.63, 3.8) is 0 Å². The van der Waals surface area contributed by atoms with Crippen LogP contribution in [0, 0.1) is 5.82 Å². The van der Waals surface area contributed by atoms with Crippen LogP contribution >= 0.6 is 27.7 Å². The monoisotopic (exact) mass is 376 g/mol. The van der Waals surface area contributed by atoms with Crippen LogP contribution < -0.4 is 15.6 Å². The van der Waals surface area contributed by atoms with Gasteiger partial charge >= 0.3 is 10.7 Å². The van der Waals surface area contributed by atoms with Crippen molar-refractivity contribution in [1.29, 1.82) is 0 Å². The summed E-state index contributed by atoms with van der Waals surface area (Å²) in [6.07, 6.45) is 0. The van der Waals surface area contributed by atoms with Gasteiger partial charge < -0.3 is 5.32 Å². The Balaban J connectivity index is 2.08. The number of H-pyrrole nitrogens is 1. The summed E-state index contributed by atoms with van der Waals surface area (Å²) in [5, 5.41) is 4.50. The second kappa shape index (κ2) is 6.44. The van der Waals surface area contributed by atoms with Gasteiger partial charge in [-0.2, -0.15) is 0 Å². The summed E-state index contributed by atoms with van der Waals surface area (Å²) in [7, 11) is 1.59. The predicted molar refractivity (Wildman–Crippen MR) is 78.6 cm³/mol. The zero-order valence-electron chi connectivity index (χ0n) is 11.1. The van der Waals surface area contributed by atoms with Crippen LogP contribution in [0.2, 0.25) is 0 Å². The summed E-state index contributed by atoms with van der Waals surface area (Å²) in [5.74, 6) is -0.955. The van der Waals surface area contributed by atoms with E-state index in [-0.39, 0.29) is 10.7 Å². The number of halogens is 2. The van der Waals surface area contributed by atoms with E-state index in [0.717, 1.165) is 11.8 Å². The zero-order chi connectivity index (χ0) is 15.6. The molecule has 1 aromatic carbocycles. The van der Waals surface area contributed by atoms with E-state index in [1.165, 1.54) is 16.8 Å². The number of aryl methyl sites for hydroxylation is 1. The Morgan fingerprint density at radius 2 is 2.29 bits per heavy atom. The number of thioether (sulfide) groups is 1. The lowest BCUT2D eigenvalue weighted by Gasteiger charge is -2.10. The van der Waals surface area contributed by atoms with Gasteiger partial charge in [0.2, 0.25) is 5.91 Å². The first kappa shape index (κ1) is 15.8. The number of anilines is 1. The third kappa shape index (κ3) is 3.73. The third-order valence-corrected chi connectivity index (χ3v) is 4.33. The minimum atomic E-state index is -0.599. The second-order valence-corrected chi connectivity index (χ2v) is 6.46. The van der Waals surface area contributed by atoms with E-state index in [1.807, 2.05) is 0 Å². The van der Waals surface area contributed by atoms with Crippen LogP contribution in [0.4, 0.5) is 10.1 Å². The third-order valence-electron chi connectivity index (χ3n) is 2.60. The van der Waals surface area contributed by atoms with Gasteiger partial charge in [0.15, 0.2) is 7.05 Å². The first-order valence-electron chi connectivity index (χ1n) is 5.88. The van der Waals surface area contributed by atoms with Gasteiger partial charge in [-0.1, -0.05) is 20.6 Å². The van der Waals surface area contributed by atoms with Crippen LogP contribution in [0.3, 0.4) is 0 Å². The second-order valence-electron chi connectivity index (χ2n) is 4.22. The highest BCUT2D eigenvalue weighted by atomic mass is 79.9. The molecule has 1 amide bonds. The largest absolute Gasteiger partial charge is 0.441 e. The maximum atomic E-state index is 13.7. The van der Waals surface area contributed by atoms with Gasteiger partial charge in [-0.15, -0.1) is 0 Å². The molecule has 112 valence electrons. The number of hydrogen-bond donors (Lipinski definition) is 2. The SMILES string of the molecule is CC(Sc1c(=O)o[nH][n+]1C)C(=O)Nc1ccc(Br)cc1F. The Morgan fingerprint density at radius 3 is 2.86 bits per heavy atom. The molecule has 1 unspecified atom stereocenters. The molecule has 0 bridgehead atoms. The van der Waals surface area contributed by atoms with Gasteiger partial charge in [0.1, 0.15) is 5.82 Å². The molecule has 6 nitrogen and oxygen atoms in total. The highest BCUT2D eigenvalue weighted by molar-refractivity contribution is 9.10.